The fraction of sp³-hybridized carbons (Fsp3) is 0.667. The summed E-state index contributed by atoms with van der Waals surface area (Å²) in [6.45, 7) is 1.43. The fourth-order valence-corrected chi connectivity index (χ4v) is 3.82. The van der Waals surface area contributed by atoms with E-state index >= 15 is 0 Å². The number of nitrogens with zero attached hydrogens (tertiary/aromatic N) is 3. The average Bonchev–Trinajstić information content (AvgIpc) is 3.12. The van der Waals surface area contributed by atoms with Crippen LogP contribution in [0.2, 0.25) is 0 Å². The molecule has 2 fully saturated rings. The Morgan fingerprint density at radius 1 is 1.55 bits per heavy atom. The van der Waals surface area contributed by atoms with Gasteiger partial charge in [-0.1, -0.05) is 6.42 Å². The summed E-state index contributed by atoms with van der Waals surface area (Å²) in [5.74, 6) is -0.644. The number of amides is 2. The third kappa shape index (κ3) is 2.55. The predicted octanol–water partition coefficient (Wildman–Crippen LogP) is 0.859. The summed E-state index contributed by atoms with van der Waals surface area (Å²) in [6, 6.07) is -0.154. The van der Waals surface area contributed by atoms with Crippen LogP contribution in [0, 0.1) is 11.3 Å². The lowest BCUT2D eigenvalue weighted by Crippen LogP contribution is -2.42. The van der Waals surface area contributed by atoms with Crippen LogP contribution in [0.15, 0.2) is 12.4 Å². The van der Waals surface area contributed by atoms with E-state index in [-0.39, 0.29) is 11.9 Å². The molecule has 1 aromatic heterocycles. The van der Waals surface area contributed by atoms with E-state index in [4.69, 9.17) is 0 Å². The van der Waals surface area contributed by atoms with Gasteiger partial charge in [0.2, 0.25) is 0 Å². The number of aryl methyl sites for hydroxylation is 1. The minimum absolute atomic E-state index is 0.106. The summed E-state index contributed by atoms with van der Waals surface area (Å²) in [6.07, 6.45) is 6.98. The Morgan fingerprint density at radius 3 is 3.00 bits per heavy atom. The number of rotatable bonds is 4. The fourth-order valence-electron chi connectivity index (χ4n) is 3.82. The highest BCUT2D eigenvalue weighted by molar-refractivity contribution is 5.80. The van der Waals surface area contributed by atoms with E-state index in [9.17, 15) is 14.7 Å². The number of hydrogen-bond donors (Lipinski definition) is 2. The molecule has 2 N–H and O–H groups in total. The van der Waals surface area contributed by atoms with Gasteiger partial charge in [-0.05, 0) is 30.7 Å². The van der Waals surface area contributed by atoms with Crippen LogP contribution in [0.5, 0.6) is 0 Å². The van der Waals surface area contributed by atoms with Crippen LogP contribution >= 0.6 is 0 Å². The SMILES string of the molecule is Cn1cc(CCNC(=O)N2C[C@@H]3CCC[C@@]3(C(=O)O)C2)cn1. The van der Waals surface area contributed by atoms with Gasteiger partial charge in [0.1, 0.15) is 0 Å². The number of nitrogens with one attached hydrogen (secondary N) is 1. The Morgan fingerprint density at radius 2 is 2.36 bits per heavy atom. The molecule has 1 saturated carbocycles. The highest BCUT2D eigenvalue weighted by Crippen LogP contribution is 2.48. The Labute approximate surface area is 129 Å². The van der Waals surface area contributed by atoms with Crippen LogP contribution in [-0.4, -0.2) is 51.4 Å². The molecule has 0 spiro atoms. The zero-order valence-electron chi connectivity index (χ0n) is 12.8. The molecule has 2 heterocycles. The summed E-state index contributed by atoms with van der Waals surface area (Å²) in [5.41, 5.74) is 0.365. The molecule has 0 radical (unpaired) electrons. The van der Waals surface area contributed by atoms with Gasteiger partial charge in [0.15, 0.2) is 0 Å². The molecule has 22 heavy (non-hydrogen) atoms. The molecule has 1 aliphatic heterocycles. The number of aromatic nitrogens is 2. The second-order valence-electron chi connectivity index (χ2n) is 6.44. The quantitative estimate of drug-likeness (QED) is 0.863. The van der Waals surface area contributed by atoms with Crippen molar-refractivity contribution in [2.75, 3.05) is 19.6 Å². The van der Waals surface area contributed by atoms with E-state index in [1.165, 1.54) is 0 Å². The topological polar surface area (TPSA) is 87.5 Å². The minimum atomic E-state index is -0.749. The van der Waals surface area contributed by atoms with Gasteiger partial charge in [-0.15, -0.1) is 0 Å². The number of carbonyl (C=O) groups is 2. The summed E-state index contributed by atoms with van der Waals surface area (Å²) >= 11 is 0. The molecule has 2 aliphatic rings. The Kier molecular flexibility index (Phi) is 3.80. The number of hydrogen-bond acceptors (Lipinski definition) is 3. The lowest BCUT2D eigenvalue weighted by Gasteiger charge is -2.23. The number of fused-ring (bicyclic) bond motifs is 1. The van der Waals surface area contributed by atoms with Crippen LogP contribution in [-0.2, 0) is 18.3 Å². The maximum absolute atomic E-state index is 12.2. The third-order valence-corrected chi connectivity index (χ3v) is 5.03. The lowest BCUT2D eigenvalue weighted by atomic mass is 9.81. The summed E-state index contributed by atoms with van der Waals surface area (Å²) in [5, 5.41) is 16.5. The van der Waals surface area contributed by atoms with Crippen molar-refractivity contribution in [3.8, 4) is 0 Å². The van der Waals surface area contributed by atoms with Gasteiger partial charge in [0.05, 0.1) is 11.6 Å². The van der Waals surface area contributed by atoms with Crippen LogP contribution < -0.4 is 5.32 Å². The summed E-state index contributed by atoms with van der Waals surface area (Å²) < 4.78 is 1.73. The molecule has 7 heteroatoms. The van der Waals surface area contributed by atoms with Crippen molar-refractivity contribution in [3.05, 3.63) is 18.0 Å². The van der Waals surface area contributed by atoms with Crippen molar-refractivity contribution in [1.29, 1.82) is 0 Å². The first-order chi connectivity index (χ1) is 10.5. The number of aliphatic carboxylic acids is 1. The Balaban J connectivity index is 1.52. The van der Waals surface area contributed by atoms with Crippen LogP contribution in [0.3, 0.4) is 0 Å². The molecular weight excluding hydrogens is 284 g/mol. The van der Waals surface area contributed by atoms with E-state index < -0.39 is 11.4 Å². The van der Waals surface area contributed by atoms with E-state index in [1.807, 2.05) is 13.2 Å². The number of carboxylic acid groups (broad SMARTS) is 1. The number of urea groups is 1. The van der Waals surface area contributed by atoms with Crippen molar-refractivity contribution >= 4 is 12.0 Å². The number of carboxylic acids is 1. The zero-order chi connectivity index (χ0) is 15.7. The highest BCUT2D eigenvalue weighted by atomic mass is 16.4. The standard InChI is InChI=1S/C15H22N4O3/c1-18-8-11(7-17-18)4-6-16-14(22)19-9-12-3-2-5-15(12,10-19)13(20)21/h7-8,12H,2-6,9-10H2,1H3,(H,16,22)(H,20,21)/t12-,15+/m0/s1. The zero-order valence-corrected chi connectivity index (χ0v) is 12.8. The molecule has 1 saturated heterocycles. The normalized spacial score (nSPS) is 27.0. The molecule has 120 valence electrons. The maximum atomic E-state index is 12.2. The first-order valence-corrected chi connectivity index (χ1v) is 7.75. The van der Waals surface area contributed by atoms with Crippen LogP contribution in [0.1, 0.15) is 24.8 Å². The first-order valence-electron chi connectivity index (χ1n) is 7.75. The van der Waals surface area contributed by atoms with Crippen molar-refractivity contribution in [2.24, 2.45) is 18.4 Å². The van der Waals surface area contributed by atoms with Gasteiger partial charge < -0.3 is 15.3 Å². The molecule has 0 bridgehead atoms. The maximum Gasteiger partial charge on any atom is 0.317 e. The highest BCUT2D eigenvalue weighted by Gasteiger charge is 2.55. The van der Waals surface area contributed by atoms with Crippen molar-refractivity contribution < 1.29 is 14.7 Å². The molecule has 2 amide bonds. The smallest absolute Gasteiger partial charge is 0.317 e. The molecule has 0 unspecified atom stereocenters. The van der Waals surface area contributed by atoms with Crippen molar-refractivity contribution in [2.45, 2.75) is 25.7 Å². The van der Waals surface area contributed by atoms with E-state index in [0.29, 0.717) is 26.1 Å². The van der Waals surface area contributed by atoms with Crippen molar-refractivity contribution in [3.63, 3.8) is 0 Å². The van der Waals surface area contributed by atoms with Gasteiger partial charge in [0.25, 0.3) is 0 Å². The molecule has 1 aliphatic carbocycles. The van der Waals surface area contributed by atoms with Crippen molar-refractivity contribution in [1.82, 2.24) is 20.0 Å². The minimum Gasteiger partial charge on any atom is -0.481 e. The molecule has 2 atom stereocenters. The third-order valence-electron chi connectivity index (χ3n) is 5.03. The van der Waals surface area contributed by atoms with Gasteiger partial charge in [-0.25, -0.2) is 4.79 Å². The van der Waals surface area contributed by atoms with Gasteiger partial charge in [-0.2, -0.15) is 5.10 Å². The van der Waals surface area contributed by atoms with E-state index in [0.717, 1.165) is 24.8 Å². The molecule has 3 rings (SSSR count). The second kappa shape index (κ2) is 5.62. The number of likely N-dealkylation sites (tertiary alicyclic amines) is 1. The predicted molar refractivity (Wildman–Crippen MR) is 79.3 cm³/mol. The van der Waals surface area contributed by atoms with Gasteiger partial charge in [0, 0.05) is 32.9 Å². The Bertz CT molecular complexity index is 585. The van der Waals surface area contributed by atoms with Crippen LogP contribution in [0.4, 0.5) is 4.79 Å². The Hall–Kier alpha value is -2.05. The first kappa shape index (κ1) is 14.9. The average molecular weight is 306 g/mol. The molecule has 0 aromatic carbocycles. The molecule has 1 aromatic rings. The van der Waals surface area contributed by atoms with E-state index in [1.54, 1.807) is 15.8 Å². The second-order valence-corrected chi connectivity index (χ2v) is 6.44. The summed E-state index contributed by atoms with van der Waals surface area (Å²) in [7, 11) is 1.86. The molecule has 7 nitrogen and oxygen atoms in total. The lowest BCUT2D eigenvalue weighted by molar-refractivity contribution is -0.149. The number of carbonyl (C=O) groups excluding carboxylic acids is 1. The van der Waals surface area contributed by atoms with Crippen LogP contribution in [0.25, 0.3) is 0 Å². The van der Waals surface area contributed by atoms with Gasteiger partial charge in [-0.3, -0.25) is 9.48 Å². The molecular formula is C15H22N4O3. The summed E-state index contributed by atoms with van der Waals surface area (Å²) in [4.78, 5) is 25.5. The monoisotopic (exact) mass is 306 g/mol. The van der Waals surface area contributed by atoms with Gasteiger partial charge >= 0.3 is 12.0 Å². The largest absolute Gasteiger partial charge is 0.481 e. The van der Waals surface area contributed by atoms with E-state index in [2.05, 4.69) is 10.4 Å².